The highest BCUT2D eigenvalue weighted by Gasteiger charge is 2.28. The number of carbonyl (C=O) groups is 1. The minimum atomic E-state index is -0.182. The Morgan fingerprint density at radius 2 is 1.75 bits per heavy atom. The zero-order valence-electron chi connectivity index (χ0n) is 14.4. The topological polar surface area (TPSA) is 36.0 Å². The van der Waals surface area contributed by atoms with E-state index in [4.69, 9.17) is 4.74 Å². The molecule has 2 saturated heterocycles. The van der Waals surface area contributed by atoms with Crippen LogP contribution in [0.3, 0.4) is 0 Å². The molecule has 2 fully saturated rings. The number of morpholine rings is 1. The number of benzene rings is 1. The van der Waals surface area contributed by atoms with E-state index in [2.05, 4.69) is 9.80 Å². The van der Waals surface area contributed by atoms with Crippen LogP contribution in [-0.2, 0) is 9.53 Å². The average Bonchev–Trinajstić information content (AvgIpc) is 2.55. The number of rotatable bonds is 3. The molecule has 2 atom stereocenters. The number of hydrogen-bond donors (Lipinski definition) is 0. The zero-order valence-corrected chi connectivity index (χ0v) is 14.4. The van der Waals surface area contributed by atoms with Crippen LogP contribution in [0.25, 0.3) is 0 Å². The Balaban J connectivity index is 1.50. The van der Waals surface area contributed by atoms with Crippen molar-refractivity contribution >= 4 is 11.6 Å². The van der Waals surface area contributed by atoms with Gasteiger partial charge in [0.15, 0.2) is 0 Å². The van der Waals surface area contributed by atoms with E-state index in [0.29, 0.717) is 25.3 Å². The molecule has 0 radical (unpaired) electrons. The molecule has 6 heteroatoms. The minimum absolute atomic E-state index is 0.0932. The van der Waals surface area contributed by atoms with Crippen LogP contribution in [-0.4, -0.2) is 73.7 Å². The van der Waals surface area contributed by atoms with Gasteiger partial charge in [0.25, 0.3) is 0 Å². The molecule has 0 spiro atoms. The third-order valence-corrected chi connectivity index (χ3v) is 4.70. The fraction of sp³-hybridized carbons (Fsp3) is 0.611. The van der Waals surface area contributed by atoms with Gasteiger partial charge in [0.05, 0.1) is 24.4 Å². The van der Waals surface area contributed by atoms with Gasteiger partial charge in [0.2, 0.25) is 5.91 Å². The summed E-state index contributed by atoms with van der Waals surface area (Å²) < 4.78 is 19.6. The fourth-order valence-electron chi connectivity index (χ4n) is 3.53. The maximum Gasteiger partial charge on any atom is 0.236 e. The molecule has 0 N–H and O–H groups in total. The summed E-state index contributed by atoms with van der Waals surface area (Å²) >= 11 is 0. The fourth-order valence-corrected chi connectivity index (χ4v) is 3.53. The molecule has 5 nitrogen and oxygen atoms in total. The normalized spacial score (nSPS) is 25.8. The Morgan fingerprint density at radius 1 is 1.12 bits per heavy atom. The van der Waals surface area contributed by atoms with E-state index in [-0.39, 0.29) is 23.9 Å². The molecule has 1 aromatic rings. The summed E-state index contributed by atoms with van der Waals surface area (Å²) in [6, 6.07) is 6.87. The van der Waals surface area contributed by atoms with Gasteiger partial charge in [-0.15, -0.1) is 0 Å². The molecule has 1 aromatic carbocycles. The Kier molecular flexibility index (Phi) is 5.36. The number of nitrogens with zero attached hydrogens (tertiary/aromatic N) is 3. The highest BCUT2D eigenvalue weighted by atomic mass is 19.1. The SMILES string of the molecule is CC1CN(C(=O)CN2CCN(c3ccccc3F)CC2)CC(C)O1. The lowest BCUT2D eigenvalue weighted by Crippen LogP contribution is -2.54. The van der Waals surface area contributed by atoms with Crippen molar-refractivity contribution in [1.29, 1.82) is 0 Å². The van der Waals surface area contributed by atoms with Gasteiger partial charge in [0.1, 0.15) is 5.82 Å². The number of carbonyl (C=O) groups excluding carboxylic acids is 1. The quantitative estimate of drug-likeness (QED) is 0.840. The monoisotopic (exact) mass is 335 g/mol. The van der Waals surface area contributed by atoms with E-state index in [9.17, 15) is 9.18 Å². The summed E-state index contributed by atoms with van der Waals surface area (Å²) in [5.41, 5.74) is 0.652. The molecule has 1 amide bonds. The first-order chi connectivity index (χ1) is 11.5. The van der Waals surface area contributed by atoms with Crippen LogP contribution in [0.15, 0.2) is 24.3 Å². The van der Waals surface area contributed by atoms with E-state index in [1.807, 2.05) is 30.9 Å². The highest BCUT2D eigenvalue weighted by molar-refractivity contribution is 5.78. The second kappa shape index (κ2) is 7.49. The van der Waals surface area contributed by atoms with Gasteiger partial charge in [-0.1, -0.05) is 12.1 Å². The van der Waals surface area contributed by atoms with Crippen LogP contribution in [0.5, 0.6) is 0 Å². The molecule has 3 rings (SSSR count). The van der Waals surface area contributed by atoms with Crippen molar-refractivity contribution in [2.75, 3.05) is 50.7 Å². The maximum atomic E-state index is 13.9. The van der Waals surface area contributed by atoms with E-state index >= 15 is 0 Å². The molecule has 2 aliphatic heterocycles. The van der Waals surface area contributed by atoms with Gasteiger partial charge < -0.3 is 14.5 Å². The van der Waals surface area contributed by atoms with Gasteiger partial charge in [-0.05, 0) is 26.0 Å². The molecule has 0 saturated carbocycles. The first kappa shape index (κ1) is 17.2. The Bertz CT molecular complexity index is 565. The summed E-state index contributed by atoms with van der Waals surface area (Å²) in [6.07, 6.45) is 0.186. The van der Waals surface area contributed by atoms with Crippen LogP contribution in [0.1, 0.15) is 13.8 Å². The molecule has 2 aliphatic rings. The molecule has 2 unspecified atom stereocenters. The van der Waals surface area contributed by atoms with Crippen molar-refractivity contribution in [2.24, 2.45) is 0 Å². The second-order valence-corrected chi connectivity index (χ2v) is 6.77. The van der Waals surface area contributed by atoms with E-state index < -0.39 is 0 Å². The predicted octanol–water partition coefficient (Wildman–Crippen LogP) is 1.58. The van der Waals surface area contributed by atoms with E-state index in [1.54, 1.807) is 6.07 Å². The number of ether oxygens (including phenoxy) is 1. The second-order valence-electron chi connectivity index (χ2n) is 6.77. The maximum absolute atomic E-state index is 13.9. The highest BCUT2D eigenvalue weighted by Crippen LogP contribution is 2.20. The number of halogens is 1. The molecule has 132 valence electrons. The average molecular weight is 335 g/mol. The van der Waals surface area contributed by atoms with Crippen molar-refractivity contribution in [3.63, 3.8) is 0 Å². The number of anilines is 1. The Morgan fingerprint density at radius 3 is 2.38 bits per heavy atom. The zero-order chi connectivity index (χ0) is 17.1. The van der Waals surface area contributed by atoms with Crippen LogP contribution in [0.2, 0.25) is 0 Å². The molecule has 0 aliphatic carbocycles. The molecule has 24 heavy (non-hydrogen) atoms. The largest absolute Gasteiger partial charge is 0.372 e. The van der Waals surface area contributed by atoms with Gasteiger partial charge in [-0.25, -0.2) is 4.39 Å². The van der Waals surface area contributed by atoms with Gasteiger partial charge in [-0.2, -0.15) is 0 Å². The van der Waals surface area contributed by atoms with E-state index in [0.717, 1.165) is 26.2 Å². The minimum Gasteiger partial charge on any atom is -0.372 e. The van der Waals surface area contributed by atoms with Gasteiger partial charge in [-0.3, -0.25) is 9.69 Å². The summed E-state index contributed by atoms with van der Waals surface area (Å²) in [5.74, 6) is -0.0188. The number of piperazine rings is 1. The van der Waals surface area contributed by atoms with Crippen LogP contribution in [0.4, 0.5) is 10.1 Å². The predicted molar refractivity (Wildman–Crippen MR) is 91.6 cm³/mol. The van der Waals surface area contributed by atoms with Crippen molar-refractivity contribution in [3.05, 3.63) is 30.1 Å². The first-order valence-corrected chi connectivity index (χ1v) is 8.68. The summed E-state index contributed by atoms with van der Waals surface area (Å²) in [5, 5.41) is 0. The van der Waals surface area contributed by atoms with Crippen LogP contribution < -0.4 is 4.90 Å². The van der Waals surface area contributed by atoms with Crippen molar-refractivity contribution in [1.82, 2.24) is 9.80 Å². The lowest BCUT2D eigenvalue weighted by molar-refractivity contribution is -0.144. The molecular weight excluding hydrogens is 309 g/mol. The van der Waals surface area contributed by atoms with Crippen LogP contribution in [0, 0.1) is 5.82 Å². The number of hydrogen-bond acceptors (Lipinski definition) is 4. The standard InChI is InChI=1S/C18H26FN3O2/c1-14-11-22(12-15(2)24-14)18(23)13-20-7-9-21(10-8-20)17-6-4-3-5-16(17)19/h3-6,14-15H,7-13H2,1-2H3. The summed E-state index contributed by atoms with van der Waals surface area (Å²) in [7, 11) is 0. The molecular formula is C18H26FN3O2. The lowest BCUT2D eigenvalue weighted by Gasteiger charge is -2.39. The van der Waals surface area contributed by atoms with Crippen molar-refractivity contribution in [3.8, 4) is 0 Å². The third kappa shape index (κ3) is 4.05. The lowest BCUT2D eigenvalue weighted by atomic mass is 10.2. The van der Waals surface area contributed by atoms with E-state index in [1.165, 1.54) is 6.07 Å². The number of amides is 1. The third-order valence-electron chi connectivity index (χ3n) is 4.70. The van der Waals surface area contributed by atoms with Gasteiger partial charge >= 0.3 is 0 Å². The Hall–Kier alpha value is -1.66. The van der Waals surface area contributed by atoms with Crippen LogP contribution >= 0.6 is 0 Å². The summed E-state index contributed by atoms with van der Waals surface area (Å²) in [6.45, 7) is 8.80. The number of para-hydroxylation sites is 1. The molecule has 0 bridgehead atoms. The van der Waals surface area contributed by atoms with Crippen molar-refractivity contribution in [2.45, 2.75) is 26.1 Å². The smallest absolute Gasteiger partial charge is 0.236 e. The summed E-state index contributed by atoms with van der Waals surface area (Å²) in [4.78, 5) is 18.6. The molecule has 0 aromatic heterocycles. The Labute approximate surface area is 143 Å². The first-order valence-electron chi connectivity index (χ1n) is 8.68. The van der Waals surface area contributed by atoms with Gasteiger partial charge in [0, 0.05) is 39.3 Å². The molecule has 2 heterocycles. The van der Waals surface area contributed by atoms with Crippen molar-refractivity contribution < 1.29 is 13.9 Å².